The van der Waals surface area contributed by atoms with Gasteiger partial charge in [0, 0.05) is 6.26 Å². The van der Waals surface area contributed by atoms with E-state index in [0.717, 1.165) is 6.26 Å². The highest BCUT2D eigenvalue weighted by Gasteiger charge is 2.07. The lowest BCUT2D eigenvalue weighted by atomic mass is 10.6. The smallest absolute Gasteiger partial charge is 0.149 e. The van der Waals surface area contributed by atoms with Crippen LogP contribution in [0.15, 0.2) is 6.20 Å². The summed E-state index contributed by atoms with van der Waals surface area (Å²) in [5.74, 6) is 0.306. The molecule has 0 saturated carbocycles. The maximum absolute atomic E-state index is 10.8. The van der Waals surface area contributed by atoms with Crippen molar-refractivity contribution >= 4 is 27.3 Å². The van der Waals surface area contributed by atoms with Crippen molar-refractivity contribution in [3.05, 3.63) is 11.2 Å². The summed E-state index contributed by atoms with van der Waals surface area (Å²) in [7, 11) is -2.99. The van der Waals surface area contributed by atoms with Gasteiger partial charge in [0.1, 0.15) is 20.7 Å². The number of anilines is 1. The van der Waals surface area contributed by atoms with Crippen LogP contribution in [0.25, 0.3) is 0 Å². The van der Waals surface area contributed by atoms with Crippen LogP contribution in [0.3, 0.4) is 0 Å². The molecule has 5 nitrogen and oxygen atoms in total. The normalized spacial score (nSPS) is 11.8. The van der Waals surface area contributed by atoms with E-state index < -0.39 is 9.84 Å². The Labute approximate surface area is 81.4 Å². The van der Waals surface area contributed by atoms with E-state index in [2.05, 4.69) is 5.10 Å². The van der Waals surface area contributed by atoms with Crippen molar-refractivity contribution in [1.82, 2.24) is 9.78 Å². The van der Waals surface area contributed by atoms with E-state index >= 15 is 0 Å². The number of aromatic nitrogens is 2. The van der Waals surface area contributed by atoms with Crippen LogP contribution >= 0.6 is 11.6 Å². The third-order valence-corrected chi connectivity index (χ3v) is 2.72. The summed E-state index contributed by atoms with van der Waals surface area (Å²) >= 11 is 5.62. The van der Waals surface area contributed by atoms with Crippen molar-refractivity contribution in [2.75, 3.05) is 17.7 Å². The van der Waals surface area contributed by atoms with E-state index in [-0.39, 0.29) is 12.3 Å². The Morgan fingerprint density at radius 3 is 2.69 bits per heavy atom. The molecule has 0 amide bonds. The molecule has 0 bridgehead atoms. The van der Waals surface area contributed by atoms with Gasteiger partial charge in [0.05, 0.1) is 18.5 Å². The van der Waals surface area contributed by atoms with Gasteiger partial charge in [-0.25, -0.2) is 13.1 Å². The van der Waals surface area contributed by atoms with Crippen LogP contribution in [0.5, 0.6) is 0 Å². The molecule has 0 unspecified atom stereocenters. The maximum atomic E-state index is 10.8. The predicted molar refractivity (Wildman–Crippen MR) is 51.4 cm³/mol. The van der Waals surface area contributed by atoms with Crippen LogP contribution in [0.2, 0.25) is 5.02 Å². The lowest BCUT2D eigenvalue weighted by Gasteiger charge is -2.01. The zero-order chi connectivity index (χ0) is 10.1. The average molecular weight is 224 g/mol. The number of aryl methyl sites for hydroxylation is 1. The van der Waals surface area contributed by atoms with Crippen molar-refractivity contribution in [2.45, 2.75) is 6.54 Å². The van der Waals surface area contributed by atoms with Crippen LogP contribution in [0, 0.1) is 0 Å². The van der Waals surface area contributed by atoms with Gasteiger partial charge in [-0.15, -0.1) is 0 Å². The third kappa shape index (κ3) is 2.89. The molecule has 7 heteroatoms. The molecule has 1 aromatic heterocycles. The number of nitrogen functional groups attached to an aromatic ring is 1. The van der Waals surface area contributed by atoms with E-state index in [1.54, 1.807) is 0 Å². The molecule has 74 valence electrons. The first-order chi connectivity index (χ1) is 5.90. The van der Waals surface area contributed by atoms with Gasteiger partial charge in [-0.3, -0.25) is 0 Å². The lowest BCUT2D eigenvalue weighted by molar-refractivity contribution is 0.588. The maximum Gasteiger partial charge on any atom is 0.149 e. The SMILES string of the molecule is CS(=O)(=O)CCn1ncc(Cl)c1N. The standard InChI is InChI=1S/C6H10ClN3O2S/c1-13(11,12)3-2-10-6(8)5(7)4-9-10/h4H,2-3,8H2,1H3. The Balaban J connectivity index is 2.71. The van der Waals surface area contributed by atoms with E-state index in [1.807, 2.05) is 0 Å². The highest BCUT2D eigenvalue weighted by atomic mass is 35.5. The monoisotopic (exact) mass is 223 g/mol. The second-order valence-electron chi connectivity index (χ2n) is 2.73. The van der Waals surface area contributed by atoms with Crippen LogP contribution < -0.4 is 5.73 Å². The largest absolute Gasteiger partial charge is 0.383 e. The Bertz CT molecular complexity index is 398. The first-order valence-corrected chi connectivity index (χ1v) is 5.98. The van der Waals surface area contributed by atoms with Crippen LogP contribution in [-0.4, -0.2) is 30.2 Å². The van der Waals surface area contributed by atoms with Crippen molar-refractivity contribution in [3.63, 3.8) is 0 Å². The summed E-state index contributed by atoms with van der Waals surface area (Å²) in [6, 6.07) is 0. The second-order valence-corrected chi connectivity index (χ2v) is 5.40. The van der Waals surface area contributed by atoms with Crippen molar-refractivity contribution in [3.8, 4) is 0 Å². The first-order valence-electron chi connectivity index (χ1n) is 3.54. The zero-order valence-corrected chi connectivity index (χ0v) is 8.64. The minimum Gasteiger partial charge on any atom is -0.383 e. The van der Waals surface area contributed by atoms with Gasteiger partial charge < -0.3 is 5.73 Å². The van der Waals surface area contributed by atoms with E-state index in [9.17, 15) is 8.42 Å². The fourth-order valence-corrected chi connectivity index (χ4v) is 1.45. The fraction of sp³-hybridized carbons (Fsp3) is 0.500. The molecule has 0 spiro atoms. The summed E-state index contributed by atoms with van der Waals surface area (Å²) in [6.45, 7) is 0.234. The molecule has 0 aliphatic carbocycles. The molecule has 1 rings (SSSR count). The lowest BCUT2D eigenvalue weighted by Crippen LogP contribution is -2.13. The number of hydrogen-bond acceptors (Lipinski definition) is 4. The van der Waals surface area contributed by atoms with Gasteiger partial charge in [-0.05, 0) is 0 Å². The number of rotatable bonds is 3. The van der Waals surface area contributed by atoms with Gasteiger partial charge in [0.15, 0.2) is 0 Å². The molecule has 0 radical (unpaired) electrons. The quantitative estimate of drug-likeness (QED) is 0.792. The molecule has 0 aromatic carbocycles. The number of halogens is 1. The van der Waals surface area contributed by atoms with Gasteiger partial charge >= 0.3 is 0 Å². The Kier molecular flexibility index (Phi) is 2.82. The predicted octanol–water partition coefficient (Wildman–Crippen LogP) is 0.163. The van der Waals surface area contributed by atoms with E-state index in [4.69, 9.17) is 17.3 Å². The summed E-state index contributed by atoms with van der Waals surface area (Å²) < 4.78 is 23.0. The molecule has 1 aromatic rings. The molecule has 0 aliphatic rings. The van der Waals surface area contributed by atoms with Gasteiger partial charge in [-0.2, -0.15) is 5.10 Å². The average Bonchev–Trinajstić information content (AvgIpc) is 2.29. The van der Waals surface area contributed by atoms with Crippen molar-refractivity contribution in [2.24, 2.45) is 0 Å². The zero-order valence-electron chi connectivity index (χ0n) is 7.07. The summed E-state index contributed by atoms with van der Waals surface area (Å²) in [4.78, 5) is 0. The summed E-state index contributed by atoms with van der Waals surface area (Å²) in [5.41, 5.74) is 5.51. The van der Waals surface area contributed by atoms with Crippen molar-refractivity contribution < 1.29 is 8.42 Å². The molecule has 13 heavy (non-hydrogen) atoms. The van der Waals surface area contributed by atoms with Gasteiger partial charge in [-0.1, -0.05) is 11.6 Å². The number of nitrogens with zero attached hydrogens (tertiary/aromatic N) is 2. The highest BCUT2D eigenvalue weighted by molar-refractivity contribution is 7.90. The van der Waals surface area contributed by atoms with Crippen LogP contribution in [0.4, 0.5) is 5.82 Å². The van der Waals surface area contributed by atoms with Crippen LogP contribution in [0.1, 0.15) is 0 Å². The summed E-state index contributed by atoms with van der Waals surface area (Å²) in [5, 5.41) is 4.15. The molecule has 0 fully saturated rings. The minimum atomic E-state index is -2.99. The molecule has 0 saturated heterocycles. The summed E-state index contributed by atoms with van der Waals surface area (Å²) in [6.07, 6.45) is 2.55. The Morgan fingerprint density at radius 2 is 2.31 bits per heavy atom. The topological polar surface area (TPSA) is 78.0 Å². The first kappa shape index (κ1) is 10.3. The molecular weight excluding hydrogens is 214 g/mol. The Morgan fingerprint density at radius 1 is 1.69 bits per heavy atom. The fourth-order valence-electron chi connectivity index (χ4n) is 0.802. The Hall–Kier alpha value is -0.750. The molecule has 0 aliphatic heterocycles. The third-order valence-electron chi connectivity index (χ3n) is 1.51. The number of nitrogens with two attached hydrogens (primary N) is 1. The second kappa shape index (κ2) is 3.55. The highest BCUT2D eigenvalue weighted by Crippen LogP contribution is 2.16. The number of sulfone groups is 1. The molecule has 1 heterocycles. The van der Waals surface area contributed by atoms with Crippen molar-refractivity contribution in [1.29, 1.82) is 0 Å². The van der Waals surface area contributed by atoms with E-state index in [0.29, 0.717) is 10.8 Å². The molecular formula is C6H10ClN3O2S. The minimum absolute atomic E-state index is 0.00914. The van der Waals surface area contributed by atoms with Gasteiger partial charge in [0.2, 0.25) is 0 Å². The molecule has 2 N–H and O–H groups in total. The van der Waals surface area contributed by atoms with Crippen LogP contribution in [-0.2, 0) is 16.4 Å². The molecule has 0 atom stereocenters. The number of hydrogen-bond donors (Lipinski definition) is 1. The van der Waals surface area contributed by atoms with Gasteiger partial charge in [0.25, 0.3) is 0 Å². The van der Waals surface area contributed by atoms with E-state index in [1.165, 1.54) is 10.9 Å².